The molecule has 182 valence electrons. The first-order chi connectivity index (χ1) is 17.3. The van der Waals surface area contributed by atoms with E-state index in [0.717, 1.165) is 17.7 Å². The van der Waals surface area contributed by atoms with Crippen LogP contribution in [0.5, 0.6) is 5.75 Å². The fourth-order valence-electron chi connectivity index (χ4n) is 3.90. The van der Waals surface area contributed by atoms with Crippen molar-refractivity contribution in [2.75, 3.05) is 5.43 Å². The molecule has 1 atom stereocenters. The van der Waals surface area contributed by atoms with Crippen LogP contribution in [0.4, 0.5) is 17.1 Å². The summed E-state index contributed by atoms with van der Waals surface area (Å²) in [6, 6.07) is 18.9. The minimum Gasteiger partial charge on any atom is -0.507 e. The Morgan fingerprint density at radius 3 is 2.42 bits per heavy atom. The van der Waals surface area contributed by atoms with Crippen LogP contribution in [0, 0.1) is 20.2 Å². The molecule has 1 aromatic heterocycles. The molecule has 0 bridgehead atoms. The molecule has 11 nitrogen and oxygen atoms in total. The highest BCUT2D eigenvalue weighted by Crippen LogP contribution is 2.36. The van der Waals surface area contributed by atoms with Gasteiger partial charge in [-0.1, -0.05) is 42.5 Å². The smallest absolute Gasteiger partial charge is 0.343 e. The number of nitrogens with zero attached hydrogens (tertiary/aromatic N) is 3. The van der Waals surface area contributed by atoms with Crippen LogP contribution >= 0.6 is 0 Å². The summed E-state index contributed by atoms with van der Waals surface area (Å²) in [5.74, 6) is -0.827. The van der Waals surface area contributed by atoms with Gasteiger partial charge in [0.05, 0.1) is 26.9 Å². The van der Waals surface area contributed by atoms with Crippen molar-refractivity contribution in [3.05, 3.63) is 115 Å². The number of hydrogen-bond donors (Lipinski definition) is 2. The number of para-hydroxylation sites is 1. The number of anilines is 1. The molecule has 0 saturated heterocycles. The highest BCUT2D eigenvalue weighted by molar-refractivity contribution is 5.87. The van der Waals surface area contributed by atoms with Gasteiger partial charge >= 0.3 is 11.3 Å². The highest BCUT2D eigenvalue weighted by Gasteiger charge is 2.26. The molecule has 0 unspecified atom stereocenters. The lowest BCUT2D eigenvalue weighted by atomic mass is 9.87. The number of aromatic hydroxyl groups is 1. The third kappa shape index (κ3) is 4.89. The fourth-order valence-corrected chi connectivity index (χ4v) is 3.90. The summed E-state index contributed by atoms with van der Waals surface area (Å²) < 4.78 is 5.46. The molecule has 4 aromatic rings. The molecular formula is C25H20N4O7. The lowest BCUT2D eigenvalue weighted by molar-refractivity contribution is -0.393. The van der Waals surface area contributed by atoms with Crippen LogP contribution in [0.2, 0.25) is 0 Å². The van der Waals surface area contributed by atoms with E-state index in [1.807, 2.05) is 6.07 Å². The van der Waals surface area contributed by atoms with Crippen molar-refractivity contribution < 1.29 is 19.4 Å². The van der Waals surface area contributed by atoms with Gasteiger partial charge in [0.25, 0.3) is 5.69 Å². The number of nitrogens with one attached hydrogen (secondary N) is 1. The Hall–Kier alpha value is -5.06. The summed E-state index contributed by atoms with van der Waals surface area (Å²) >= 11 is 0. The molecule has 1 heterocycles. The summed E-state index contributed by atoms with van der Waals surface area (Å²) in [6.45, 7) is 1.65. The largest absolute Gasteiger partial charge is 0.507 e. The Kier molecular flexibility index (Phi) is 6.72. The number of benzene rings is 3. The summed E-state index contributed by atoms with van der Waals surface area (Å²) in [4.78, 5) is 33.8. The Labute approximate surface area is 203 Å². The topological polar surface area (TPSA) is 161 Å². The van der Waals surface area contributed by atoms with E-state index in [1.165, 1.54) is 6.07 Å². The maximum absolute atomic E-state index is 12.9. The van der Waals surface area contributed by atoms with Crippen molar-refractivity contribution in [2.45, 2.75) is 19.3 Å². The number of hydrazone groups is 1. The Bertz CT molecular complexity index is 1550. The first kappa shape index (κ1) is 24.1. The number of nitro groups is 2. The second-order valence-corrected chi connectivity index (χ2v) is 7.99. The fraction of sp³-hybridized carbons (Fsp3) is 0.120. The normalized spacial score (nSPS) is 12.3. The SMILES string of the molecule is CC(C[C@H](c1ccccc1)c1c(O)c2ccccc2oc1=O)=NNc1ccc([N+](=O)[O-])cc1[N+](=O)[O-]. The van der Waals surface area contributed by atoms with Gasteiger partial charge in [0, 0.05) is 17.7 Å². The summed E-state index contributed by atoms with van der Waals surface area (Å²) in [5, 5.41) is 38.0. The lowest BCUT2D eigenvalue weighted by Crippen LogP contribution is -2.17. The van der Waals surface area contributed by atoms with Gasteiger partial charge in [-0.2, -0.15) is 5.10 Å². The predicted molar refractivity (Wildman–Crippen MR) is 134 cm³/mol. The quantitative estimate of drug-likeness (QED) is 0.146. The summed E-state index contributed by atoms with van der Waals surface area (Å²) in [7, 11) is 0. The Morgan fingerprint density at radius 1 is 1.03 bits per heavy atom. The average Bonchev–Trinajstić information content (AvgIpc) is 2.87. The second kappa shape index (κ2) is 10.1. The molecule has 0 aliphatic carbocycles. The zero-order valence-electron chi connectivity index (χ0n) is 19.0. The van der Waals surface area contributed by atoms with Crippen molar-refractivity contribution in [3.63, 3.8) is 0 Å². The van der Waals surface area contributed by atoms with E-state index in [9.17, 15) is 30.1 Å². The van der Waals surface area contributed by atoms with Crippen molar-refractivity contribution in [1.29, 1.82) is 0 Å². The molecule has 0 spiro atoms. The van der Waals surface area contributed by atoms with Crippen molar-refractivity contribution in [3.8, 4) is 5.75 Å². The molecule has 0 fully saturated rings. The van der Waals surface area contributed by atoms with Crippen LogP contribution in [0.1, 0.15) is 30.4 Å². The van der Waals surface area contributed by atoms with Gasteiger partial charge in [-0.25, -0.2) is 4.79 Å². The number of non-ortho nitro benzene ring substituents is 1. The molecule has 2 N–H and O–H groups in total. The van der Waals surface area contributed by atoms with E-state index in [-0.39, 0.29) is 29.0 Å². The van der Waals surface area contributed by atoms with E-state index in [0.29, 0.717) is 11.1 Å². The van der Waals surface area contributed by atoms with Gasteiger partial charge in [-0.15, -0.1) is 0 Å². The molecule has 0 aliphatic rings. The highest BCUT2D eigenvalue weighted by atomic mass is 16.6. The van der Waals surface area contributed by atoms with Crippen LogP contribution in [-0.2, 0) is 0 Å². The first-order valence-corrected chi connectivity index (χ1v) is 10.8. The van der Waals surface area contributed by atoms with Crippen molar-refractivity contribution >= 4 is 33.7 Å². The van der Waals surface area contributed by atoms with Crippen molar-refractivity contribution in [1.82, 2.24) is 0 Å². The lowest BCUT2D eigenvalue weighted by Gasteiger charge is -2.18. The monoisotopic (exact) mass is 488 g/mol. The van der Waals surface area contributed by atoms with E-state index >= 15 is 0 Å². The van der Waals surface area contributed by atoms with E-state index < -0.39 is 32.8 Å². The molecular weight excluding hydrogens is 468 g/mol. The third-order valence-electron chi connectivity index (χ3n) is 5.63. The molecule has 0 saturated carbocycles. The minimum absolute atomic E-state index is 0.0331. The van der Waals surface area contributed by atoms with Gasteiger partial charge in [0.1, 0.15) is 17.0 Å². The first-order valence-electron chi connectivity index (χ1n) is 10.8. The van der Waals surface area contributed by atoms with E-state index in [2.05, 4.69) is 10.5 Å². The molecule has 4 rings (SSSR count). The summed E-state index contributed by atoms with van der Waals surface area (Å²) in [6.07, 6.45) is 0.161. The zero-order chi connectivity index (χ0) is 25.8. The van der Waals surface area contributed by atoms with Gasteiger partial charge < -0.3 is 9.52 Å². The van der Waals surface area contributed by atoms with Gasteiger partial charge in [-0.3, -0.25) is 25.7 Å². The number of hydrogen-bond acceptors (Lipinski definition) is 9. The minimum atomic E-state index is -0.745. The Morgan fingerprint density at radius 2 is 1.72 bits per heavy atom. The van der Waals surface area contributed by atoms with Gasteiger partial charge in [-0.05, 0) is 37.1 Å². The molecule has 0 aliphatic heterocycles. The van der Waals surface area contributed by atoms with E-state index in [1.54, 1.807) is 55.5 Å². The number of rotatable bonds is 8. The predicted octanol–water partition coefficient (Wildman–Crippen LogP) is 5.33. The van der Waals surface area contributed by atoms with Gasteiger partial charge in [0.2, 0.25) is 0 Å². The van der Waals surface area contributed by atoms with Crippen LogP contribution < -0.4 is 11.1 Å². The maximum atomic E-state index is 12.9. The van der Waals surface area contributed by atoms with Crippen LogP contribution in [0.3, 0.4) is 0 Å². The molecule has 0 radical (unpaired) electrons. The second-order valence-electron chi connectivity index (χ2n) is 7.99. The Balaban J connectivity index is 1.71. The molecule has 11 heteroatoms. The zero-order valence-corrected chi connectivity index (χ0v) is 19.0. The third-order valence-corrected chi connectivity index (χ3v) is 5.63. The molecule has 3 aromatic carbocycles. The molecule has 0 amide bonds. The van der Waals surface area contributed by atoms with Crippen molar-refractivity contribution in [2.24, 2.45) is 5.10 Å². The van der Waals surface area contributed by atoms with Crippen LogP contribution in [0.25, 0.3) is 11.0 Å². The standard InChI is InChI=1S/C25H20N4O7/c1-15(26-27-20-12-11-17(28(32)33)14-21(20)29(34)35)13-19(16-7-3-2-4-8-16)23-24(30)18-9-5-6-10-22(18)36-25(23)31/h2-12,14,19,27,30H,13H2,1H3/t19-/m1/s1. The van der Waals surface area contributed by atoms with E-state index in [4.69, 9.17) is 4.42 Å². The van der Waals surface area contributed by atoms with Crippen LogP contribution in [0.15, 0.2) is 87.1 Å². The van der Waals surface area contributed by atoms with Gasteiger partial charge in [0.15, 0.2) is 0 Å². The number of nitro benzene ring substituents is 2. The summed E-state index contributed by atoms with van der Waals surface area (Å²) in [5.41, 5.74) is 2.44. The average molecular weight is 488 g/mol. The molecule has 36 heavy (non-hydrogen) atoms. The maximum Gasteiger partial charge on any atom is 0.343 e. The van der Waals surface area contributed by atoms with Crippen LogP contribution in [-0.4, -0.2) is 20.7 Å². The number of fused-ring (bicyclic) bond motifs is 1.